The summed E-state index contributed by atoms with van der Waals surface area (Å²) in [5.74, 6) is -9.43. The van der Waals surface area contributed by atoms with Crippen LogP contribution in [0.15, 0.2) is 82.5 Å². The van der Waals surface area contributed by atoms with Crippen molar-refractivity contribution >= 4 is 65.0 Å². The third-order valence-electron chi connectivity index (χ3n) is 11.8. The standard InChI is InChI=1S/C44H37ClF6N8O6S2/c1-4-12-67(64,65)26-7-5-6-22(16-26)23-8-9-27-31(17-23)53-42(59(43(27)61)33-11-10-30(45)36-38(33)57(2)55-41(36)56-66(3,62)63)32(15-21-13-24(46)18-25(47)14-21)52-34(60)20-58-39-35(37(54-58)40(48)49)28-19-29(28)44(39,50)51/h5-11,13-14,16-18,28-29,32,40H,4,12,15,19-20H2,1-3H3,(H,52,60)(H,55,56)/t28?,29?,32-/m0/s1. The highest BCUT2D eigenvalue weighted by molar-refractivity contribution is 7.92. The van der Waals surface area contributed by atoms with Crippen molar-refractivity contribution < 1.29 is 48.0 Å². The summed E-state index contributed by atoms with van der Waals surface area (Å²) >= 11 is 6.64. The summed E-state index contributed by atoms with van der Waals surface area (Å²) in [5.41, 5.74) is -2.02. The molecule has 0 radical (unpaired) electrons. The molecule has 3 atom stereocenters. The van der Waals surface area contributed by atoms with E-state index in [-0.39, 0.29) is 72.4 Å². The number of carbonyl (C=O) groups excluding carboxylic acids is 1. The fourth-order valence-corrected chi connectivity index (χ4v) is 11.1. The van der Waals surface area contributed by atoms with Gasteiger partial charge in [-0.25, -0.2) is 39.4 Å². The van der Waals surface area contributed by atoms with Gasteiger partial charge in [0.25, 0.3) is 17.9 Å². The number of nitrogens with one attached hydrogen (secondary N) is 2. The lowest BCUT2D eigenvalue weighted by molar-refractivity contribution is -0.123. The van der Waals surface area contributed by atoms with Gasteiger partial charge in [0.1, 0.15) is 35.4 Å². The van der Waals surface area contributed by atoms with Crippen molar-refractivity contribution in [2.45, 2.75) is 61.9 Å². The minimum absolute atomic E-state index is 0.00128. The summed E-state index contributed by atoms with van der Waals surface area (Å²) in [4.78, 5) is 34.3. The van der Waals surface area contributed by atoms with Crippen LogP contribution in [0.2, 0.25) is 5.02 Å². The van der Waals surface area contributed by atoms with E-state index >= 15 is 13.6 Å². The second kappa shape index (κ2) is 16.5. The van der Waals surface area contributed by atoms with E-state index in [0.717, 1.165) is 23.0 Å². The van der Waals surface area contributed by atoms with Gasteiger partial charge < -0.3 is 5.32 Å². The molecule has 350 valence electrons. The molecule has 2 N–H and O–H groups in total. The van der Waals surface area contributed by atoms with Crippen molar-refractivity contribution in [1.29, 1.82) is 0 Å². The predicted octanol–water partition coefficient (Wildman–Crippen LogP) is 7.87. The molecular weight excluding hydrogens is 950 g/mol. The van der Waals surface area contributed by atoms with Gasteiger partial charge >= 0.3 is 0 Å². The molecular formula is C44H37ClF6N8O6S2. The van der Waals surface area contributed by atoms with Crippen LogP contribution in [0, 0.1) is 17.6 Å². The van der Waals surface area contributed by atoms with E-state index in [1.54, 1.807) is 25.1 Å². The smallest absolute Gasteiger partial charge is 0.293 e. The maximum absolute atomic E-state index is 15.6. The molecule has 2 unspecified atom stereocenters. The van der Waals surface area contributed by atoms with Gasteiger partial charge in [-0.05, 0) is 84.0 Å². The number of sulfonamides is 1. The molecule has 0 saturated heterocycles. The zero-order valence-corrected chi connectivity index (χ0v) is 37.8. The third-order valence-corrected chi connectivity index (χ3v) is 14.6. The van der Waals surface area contributed by atoms with Crippen LogP contribution < -0.4 is 15.6 Å². The van der Waals surface area contributed by atoms with Gasteiger partial charge in [-0.1, -0.05) is 36.7 Å². The first-order valence-electron chi connectivity index (χ1n) is 20.6. The molecule has 2 aliphatic carbocycles. The van der Waals surface area contributed by atoms with Crippen LogP contribution in [0.4, 0.5) is 32.2 Å². The average Bonchev–Trinajstić information content (AvgIpc) is 3.78. The van der Waals surface area contributed by atoms with Gasteiger partial charge in [0.2, 0.25) is 15.9 Å². The number of aryl methyl sites for hydroxylation is 1. The number of fused-ring (bicyclic) bond motifs is 5. The normalized spacial score (nSPS) is 16.9. The van der Waals surface area contributed by atoms with Gasteiger partial charge in [-0.3, -0.25) is 28.2 Å². The first-order chi connectivity index (χ1) is 31.6. The second-order valence-electron chi connectivity index (χ2n) is 16.6. The lowest BCUT2D eigenvalue weighted by atomic mass is 10.0. The highest BCUT2D eigenvalue weighted by Crippen LogP contribution is 2.68. The Hall–Kier alpha value is -6.26. The lowest BCUT2D eigenvalue weighted by Gasteiger charge is -2.24. The van der Waals surface area contributed by atoms with Crippen LogP contribution in [0.5, 0.6) is 0 Å². The third kappa shape index (κ3) is 8.32. The van der Waals surface area contributed by atoms with E-state index in [1.165, 1.54) is 48.1 Å². The maximum atomic E-state index is 15.6. The quantitative estimate of drug-likeness (QED) is 0.103. The average molecular weight is 987 g/mol. The fourth-order valence-electron chi connectivity index (χ4n) is 9.02. The number of anilines is 1. The fraction of sp³-hybridized carbons (Fsp3) is 0.295. The van der Waals surface area contributed by atoms with Crippen LogP contribution in [0.1, 0.15) is 66.5 Å². The van der Waals surface area contributed by atoms with E-state index in [1.807, 2.05) is 0 Å². The number of nitrogens with zero attached hydrogens (tertiary/aromatic N) is 6. The van der Waals surface area contributed by atoms with Crippen molar-refractivity contribution in [1.82, 2.24) is 34.4 Å². The second-order valence-corrected chi connectivity index (χ2v) is 20.9. The molecule has 3 aromatic heterocycles. The molecule has 23 heteroatoms. The molecule has 2 aliphatic rings. The number of rotatable bonds is 14. The number of alkyl halides is 4. The van der Waals surface area contributed by atoms with E-state index in [9.17, 15) is 39.2 Å². The van der Waals surface area contributed by atoms with Crippen molar-refractivity contribution in [2.24, 2.45) is 13.0 Å². The molecule has 1 saturated carbocycles. The Kier molecular flexibility index (Phi) is 11.3. The van der Waals surface area contributed by atoms with Crippen LogP contribution >= 0.6 is 11.6 Å². The van der Waals surface area contributed by atoms with Gasteiger partial charge in [0.15, 0.2) is 15.7 Å². The number of amides is 1. The van der Waals surface area contributed by atoms with E-state index in [0.29, 0.717) is 28.3 Å². The molecule has 0 bridgehead atoms. The molecule has 9 rings (SSSR count). The van der Waals surface area contributed by atoms with Crippen molar-refractivity contribution in [3.8, 4) is 16.8 Å². The van der Waals surface area contributed by atoms with Crippen LogP contribution in [-0.4, -0.2) is 63.9 Å². The largest absolute Gasteiger partial charge is 0.344 e. The number of aromatic nitrogens is 6. The summed E-state index contributed by atoms with van der Waals surface area (Å²) in [6, 6.07) is 14.2. The zero-order chi connectivity index (χ0) is 48.1. The van der Waals surface area contributed by atoms with Gasteiger partial charge in [-0.2, -0.15) is 19.0 Å². The van der Waals surface area contributed by atoms with E-state index in [4.69, 9.17) is 16.6 Å². The molecule has 1 fully saturated rings. The first-order valence-corrected chi connectivity index (χ1v) is 24.5. The van der Waals surface area contributed by atoms with Gasteiger partial charge in [0.05, 0.1) is 55.5 Å². The SMILES string of the molecule is CCCS(=O)(=O)c1cccc(-c2ccc3c(=O)n(-c4ccc(Cl)c5c(NS(C)(=O)=O)nn(C)c45)c([C@H](Cc4cc(F)cc(F)c4)NC(=O)Cn4nc(C(F)F)c5c4C(F)(F)C4CC54)nc3c2)c1. The maximum Gasteiger partial charge on any atom is 0.293 e. The molecule has 0 aliphatic heterocycles. The van der Waals surface area contributed by atoms with Crippen LogP contribution in [0.3, 0.4) is 0 Å². The molecule has 1 amide bonds. The molecule has 0 spiro atoms. The molecule has 7 aromatic rings. The summed E-state index contributed by atoms with van der Waals surface area (Å²) in [6.07, 6.45) is -2.53. The number of hydrogen-bond acceptors (Lipinski definition) is 9. The number of sulfone groups is 1. The minimum Gasteiger partial charge on any atom is -0.344 e. The molecule has 67 heavy (non-hydrogen) atoms. The number of carbonyl (C=O) groups is 1. The Morgan fingerprint density at radius 2 is 1.69 bits per heavy atom. The van der Waals surface area contributed by atoms with Gasteiger partial charge in [-0.15, -0.1) is 0 Å². The topological polar surface area (TPSA) is 180 Å². The Bertz CT molecular complexity index is 3490. The van der Waals surface area contributed by atoms with Crippen LogP contribution in [-0.2, 0) is 50.6 Å². The Balaban J connectivity index is 1.26. The molecule has 3 heterocycles. The Morgan fingerprint density at radius 3 is 2.37 bits per heavy atom. The molecule has 14 nitrogen and oxygen atoms in total. The predicted molar refractivity (Wildman–Crippen MR) is 236 cm³/mol. The van der Waals surface area contributed by atoms with E-state index in [2.05, 4.69) is 20.2 Å². The minimum atomic E-state index is -3.95. The summed E-state index contributed by atoms with van der Waals surface area (Å²) in [6.45, 7) is 0.702. The lowest BCUT2D eigenvalue weighted by Crippen LogP contribution is -2.38. The monoisotopic (exact) mass is 986 g/mol. The van der Waals surface area contributed by atoms with Crippen molar-refractivity contribution in [3.63, 3.8) is 0 Å². The highest BCUT2D eigenvalue weighted by atomic mass is 35.5. The summed E-state index contributed by atoms with van der Waals surface area (Å²) < 4.78 is 145. The summed E-state index contributed by atoms with van der Waals surface area (Å²) in [7, 11) is -6.18. The molecule has 4 aromatic carbocycles. The number of benzene rings is 4. The number of halogens is 7. The Morgan fingerprint density at radius 1 is 0.970 bits per heavy atom. The van der Waals surface area contributed by atoms with E-state index < -0.39 is 97.5 Å². The zero-order valence-electron chi connectivity index (χ0n) is 35.4. The van der Waals surface area contributed by atoms with Crippen molar-refractivity contribution in [3.05, 3.63) is 128 Å². The highest BCUT2D eigenvalue weighted by Gasteiger charge is 2.67. The first kappa shape index (κ1) is 45.9. The number of hydrogen-bond donors (Lipinski definition) is 2. The van der Waals surface area contributed by atoms with Gasteiger partial charge in [0, 0.05) is 31.0 Å². The Labute approximate surface area is 382 Å². The van der Waals surface area contributed by atoms with Crippen molar-refractivity contribution in [2.75, 3.05) is 16.7 Å². The summed E-state index contributed by atoms with van der Waals surface area (Å²) in [5, 5.41) is 10.7. The van der Waals surface area contributed by atoms with Crippen LogP contribution in [0.25, 0.3) is 38.6 Å².